The van der Waals surface area contributed by atoms with Crippen LogP contribution < -0.4 is 15.8 Å². The lowest BCUT2D eigenvalue weighted by Gasteiger charge is -2.26. The molecule has 0 aromatic carbocycles. The standard InChI is InChI=1S/C15H26N4O2/c1-11(2)21-14-7-8-17-15(19-14)18-9-10-20-13-5-3-12(16)4-6-13/h7-8,11-13H,3-6,9-10,16H2,1-2H3,(H,17,18,19). The van der Waals surface area contributed by atoms with Crippen molar-refractivity contribution < 1.29 is 9.47 Å². The number of aromatic nitrogens is 2. The van der Waals surface area contributed by atoms with Gasteiger partial charge in [-0.15, -0.1) is 0 Å². The molecule has 0 atom stereocenters. The second kappa shape index (κ2) is 8.14. The largest absolute Gasteiger partial charge is 0.475 e. The minimum Gasteiger partial charge on any atom is -0.475 e. The van der Waals surface area contributed by atoms with Gasteiger partial charge < -0.3 is 20.5 Å². The van der Waals surface area contributed by atoms with Crippen molar-refractivity contribution >= 4 is 5.95 Å². The third-order valence-electron chi connectivity index (χ3n) is 3.44. The van der Waals surface area contributed by atoms with Crippen molar-refractivity contribution in [2.45, 2.75) is 57.8 Å². The Morgan fingerprint density at radius 2 is 2.10 bits per heavy atom. The summed E-state index contributed by atoms with van der Waals surface area (Å²) in [5.41, 5.74) is 5.88. The fraction of sp³-hybridized carbons (Fsp3) is 0.733. The fourth-order valence-corrected chi connectivity index (χ4v) is 2.38. The number of anilines is 1. The average molecular weight is 294 g/mol. The molecule has 6 heteroatoms. The predicted octanol–water partition coefficient (Wildman–Crippen LogP) is 1.96. The molecule has 0 spiro atoms. The van der Waals surface area contributed by atoms with Gasteiger partial charge in [0.05, 0.1) is 18.8 Å². The maximum atomic E-state index is 5.88. The summed E-state index contributed by atoms with van der Waals surface area (Å²) in [6.45, 7) is 5.28. The summed E-state index contributed by atoms with van der Waals surface area (Å²) in [4.78, 5) is 8.46. The van der Waals surface area contributed by atoms with Crippen LogP contribution in [0.2, 0.25) is 0 Å². The van der Waals surface area contributed by atoms with E-state index in [1.165, 1.54) is 0 Å². The summed E-state index contributed by atoms with van der Waals surface area (Å²) in [5, 5.41) is 3.15. The van der Waals surface area contributed by atoms with Crippen LogP contribution in [0.15, 0.2) is 12.3 Å². The molecule has 1 aliphatic rings. The summed E-state index contributed by atoms with van der Waals surface area (Å²) in [6.07, 6.45) is 6.41. The van der Waals surface area contributed by atoms with Crippen molar-refractivity contribution in [2.75, 3.05) is 18.5 Å². The van der Waals surface area contributed by atoms with Gasteiger partial charge in [-0.05, 0) is 39.5 Å². The highest BCUT2D eigenvalue weighted by Gasteiger charge is 2.18. The molecule has 1 aromatic rings. The van der Waals surface area contributed by atoms with E-state index in [0.717, 1.165) is 25.7 Å². The molecule has 21 heavy (non-hydrogen) atoms. The molecule has 0 radical (unpaired) electrons. The Hall–Kier alpha value is -1.40. The number of rotatable bonds is 7. The van der Waals surface area contributed by atoms with Crippen molar-refractivity contribution in [1.29, 1.82) is 0 Å². The van der Waals surface area contributed by atoms with Crippen LogP contribution in [0.4, 0.5) is 5.95 Å². The van der Waals surface area contributed by atoms with Gasteiger partial charge in [-0.3, -0.25) is 0 Å². The van der Waals surface area contributed by atoms with Crippen LogP contribution in [0.25, 0.3) is 0 Å². The number of nitrogens with two attached hydrogens (primary N) is 1. The van der Waals surface area contributed by atoms with E-state index in [-0.39, 0.29) is 6.10 Å². The molecule has 0 unspecified atom stereocenters. The topological polar surface area (TPSA) is 82.3 Å². The zero-order valence-corrected chi connectivity index (χ0v) is 12.9. The molecule has 1 aliphatic carbocycles. The first-order valence-electron chi connectivity index (χ1n) is 7.74. The quantitative estimate of drug-likeness (QED) is 0.748. The fourth-order valence-electron chi connectivity index (χ4n) is 2.38. The van der Waals surface area contributed by atoms with Gasteiger partial charge in [0.2, 0.25) is 11.8 Å². The van der Waals surface area contributed by atoms with Crippen molar-refractivity contribution in [3.05, 3.63) is 12.3 Å². The maximum absolute atomic E-state index is 5.88. The summed E-state index contributed by atoms with van der Waals surface area (Å²) < 4.78 is 11.4. The van der Waals surface area contributed by atoms with E-state index in [4.69, 9.17) is 15.2 Å². The van der Waals surface area contributed by atoms with E-state index in [2.05, 4.69) is 15.3 Å². The SMILES string of the molecule is CC(C)Oc1ccnc(NCCOC2CCC(N)CC2)n1. The van der Waals surface area contributed by atoms with Gasteiger partial charge in [-0.1, -0.05) is 0 Å². The highest BCUT2D eigenvalue weighted by atomic mass is 16.5. The van der Waals surface area contributed by atoms with Gasteiger partial charge in [-0.2, -0.15) is 4.98 Å². The van der Waals surface area contributed by atoms with Crippen molar-refractivity contribution in [1.82, 2.24) is 9.97 Å². The number of hydrogen-bond donors (Lipinski definition) is 2. The molecule has 0 bridgehead atoms. The zero-order chi connectivity index (χ0) is 15.1. The van der Waals surface area contributed by atoms with E-state index >= 15 is 0 Å². The Morgan fingerprint density at radius 1 is 1.33 bits per heavy atom. The molecule has 0 amide bonds. The molecule has 0 saturated heterocycles. The lowest BCUT2D eigenvalue weighted by Crippen LogP contribution is -2.31. The van der Waals surface area contributed by atoms with Crippen LogP contribution >= 0.6 is 0 Å². The summed E-state index contributed by atoms with van der Waals surface area (Å²) in [7, 11) is 0. The summed E-state index contributed by atoms with van der Waals surface area (Å²) >= 11 is 0. The van der Waals surface area contributed by atoms with Crippen LogP contribution in [-0.4, -0.2) is 41.4 Å². The molecule has 1 aromatic heterocycles. The van der Waals surface area contributed by atoms with Gasteiger partial charge in [0.25, 0.3) is 0 Å². The van der Waals surface area contributed by atoms with Gasteiger partial charge in [0, 0.05) is 24.8 Å². The highest BCUT2D eigenvalue weighted by molar-refractivity contribution is 5.27. The van der Waals surface area contributed by atoms with Crippen LogP contribution in [-0.2, 0) is 4.74 Å². The molecule has 118 valence electrons. The number of nitrogens with one attached hydrogen (secondary N) is 1. The Labute approximate surface area is 126 Å². The lowest BCUT2D eigenvalue weighted by molar-refractivity contribution is 0.0312. The molecule has 1 fully saturated rings. The Kier molecular flexibility index (Phi) is 6.20. The van der Waals surface area contributed by atoms with Crippen LogP contribution in [0.1, 0.15) is 39.5 Å². The van der Waals surface area contributed by atoms with E-state index in [1.54, 1.807) is 12.3 Å². The molecule has 1 heterocycles. The molecular formula is C15H26N4O2. The van der Waals surface area contributed by atoms with Crippen LogP contribution in [0.5, 0.6) is 5.88 Å². The van der Waals surface area contributed by atoms with Crippen molar-refractivity contribution in [3.8, 4) is 5.88 Å². The molecule has 3 N–H and O–H groups in total. The Balaban J connectivity index is 1.66. The third-order valence-corrected chi connectivity index (χ3v) is 3.44. The van der Waals surface area contributed by atoms with E-state index in [0.29, 0.717) is 37.1 Å². The van der Waals surface area contributed by atoms with Gasteiger partial charge in [0.15, 0.2) is 0 Å². The molecule has 0 aliphatic heterocycles. The van der Waals surface area contributed by atoms with Crippen LogP contribution in [0.3, 0.4) is 0 Å². The number of ether oxygens (including phenoxy) is 2. The first kappa shape index (κ1) is 16.0. The second-order valence-electron chi connectivity index (χ2n) is 5.72. The number of hydrogen-bond acceptors (Lipinski definition) is 6. The minimum atomic E-state index is 0.105. The maximum Gasteiger partial charge on any atom is 0.226 e. The van der Waals surface area contributed by atoms with Gasteiger partial charge in [-0.25, -0.2) is 4.98 Å². The average Bonchev–Trinajstić information content (AvgIpc) is 2.45. The Morgan fingerprint density at radius 3 is 2.81 bits per heavy atom. The smallest absolute Gasteiger partial charge is 0.226 e. The summed E-state index contributed by atoms with van der Waals surface area (Å²) in [6, 6.07) is 2.12. The lowest BCUT2D eigenvalue weighted by atomic mass is 9.94. The molecular weight excluding hydrogens is 268 g/mol. The number of nitrogens with zero attached hydrogens (tertiary/aromatic N) is 2. The van der Waals surface area contributed by atoms with Crippen LogP contribution in [0, 0.1) is 0 Å². The van der Waals surface area contributed by atoms with E-state index in [1.807, 2.05) is 13.8 Å². The normalized spacial score (nSPS) is 22.3. The van der Waals surface area contributed by atoms with E-state index < -0.39 is 0 Å². The van der Waals surface area contributed by atoms with Gasteiger partial charge >= 0.3 is 0 Å². The van der Waals surface area contributed by atoms with Crippen molar-refractivity contribution in [3.63, 3.8) is 0 Å². The molecule has 6 nitrogen and oxygen atoms in total. The monoisotopic (exact) mass is 294 g/mol. The predicted molar refractivity (Wildman–Crippen MR) is 82.5 cm³/mol. The first-order valence-corrected chi connectivity index (χ1v) is 7.74. The third kappa shape index (κ3) is 5.85. The molecule has 2 rings (SSSR count). The highest BCUT2D eigenvalue weighted by Crippen LogP contribution is 2.19. The van der Waals surface area contributed by atoms with E-state index in [9.17, 15) is 0 Å². The summed E-state index contributed by atoms with van der Waals surface area (Å²) in [5.74, 6) is 1.16. The van der Waals surface area contributed by atoms with Gasteiger partial charge in [0.1, 0.15) is 0 Å². The zero-order valence-electron chi connectivity index (χ0n) is 12.9. The molecule has 1 saturated carbocycles. The Bertz CT molecular complexity index is 420. The minimum absolute atomic E-state index is 0.105. The van der Waals surface area contributed by atoms with Crippen molar-refractivity contribution in [2.24, 2.45) is 5.73 Å². The second-order valence-corrected chi connectivity index (χ2v) is 5.72. The first-order chi connectivity index (χ1) is 10.1.